The molecule has 21 heavy (non-hydrogen) atoms. The number of anilines is 1. The van der Waals surface area contributed by atoms with Crippen molar-refractivity contribution in [3.63, 3.8) is 0 Å². The van der Waals surface area contributed by atoms with Gasteiger partial charge in [0, 0.05) is 17.8 Å². The van der Waals surface area contributed by atoms with Crippen molar-refractivity contribution in [2.75, 3.05) is 11.9 Å². The molecule has 0 amide bonds. The van der Waals surface area contributed by atoms with Gasteiger partial charge in [-0.05, 0) is 50.3 Å². The van der Waals surface area contributed by atoms with Crippen LogP contribution in [0, 0.1) is 5.92 Å². The summed E-state index contributed by atoms with van der Waals surface area (Å²) < 4.78 is 0. The molecule has 1 heterocycles. The number of carboxylic acids is 1. The van der Waals surface area contributed by atoms with Crippen LogP contribution < -0.4 is 10.6 Å². The smallest absolute Gasteiger partial charge is 0.337 e. The van der Waals surface area contributed by atoms with E-state index >= 15 is 0 Å². The third kappa shape index (κ3) is 3.21. The molecule has 2 fully saturated rings. The van der Waals surface area contributed by atoms with Gasteiger partial charge < -0.3 is 15.7 Å². The van der Waals surface area contributed by atoms with Gasteiger partial charge in [-0.3, -0.25) is 0 Å². The first-order chi connectivity index (χ1) is 10.3. The molecule has 3 rings (SSSR count). The maximum absolute atomic E-state index is 11.3. The Hall–Kier alpha value is -1.55. The molecule has 1 aromatic rings. The number of hydrogen-bond acceptors (Lipinski definition) is 3. The number of aromatic carboxylic acids is 1. The Kier molecular flexibility index (Phi) is 4.44. The molecular formula is C17H24N2O2. The zero-order valence-electron chi connectivity index (χ0n) is 12.3. The summed E-state index contributed by atoms with van der Waals surface area (Å²) in [5.41, 5.74) is 1.14. The van der Waals surface area contributed by atoms with E-state index in [1.54, 1.807) is 12.1 Å². The lowest BCUT2D eigenvalue weighted by molar-refractivity contribution is 0.0698. The van der Waals surface area contributed by atoms with Gasteiger partial charge in [0.2, 0.25) is 0 Å². The second-order valence-corrected chi connectivity index (χ2v) is 6.25. The molecule has 0 bridgehead atoms. The number of piperidine rings is 1. The van der Waals surface area contributed by atoms with Gasteiger partial charge in [-0.25, -0.2) is 4.79 Å². The highest BCUT2D eigenvalue weighted by Gasteiger charge is 2.34. The minimum atomic E-state index is -0.858. The molecule has 0 aromatic heterocycles. The Bertz CT molecular complexity index is 497. The summed E-state index contributed by atoms with van der Waals surface area (Å²) in [6, 6.07) is 8.22. The Morgan fingerprint density at radius 1 is 1.14 bits per heavy atom. The largest absolute Gasteiger partial charge is 0.478 e. The molecule has 4 nitrogen and oxygen atoms in total. The highest BCUT2D eigenvalue weighted by molar-refractivity contribution is 5.94. The van der Waals surface area contributed by atoms with Gasteiger partial charge in [0.1, 0.15) is 0 Å². The van der Waals surface area contributed by atoms with E-state index < -0.39 is 5.97 Å². The predicted molar refractivity (Wildman–Crippen MR) is 83.8 cm³/mol. The van der Waals surface area contributed by atoms with E-state index in [0.29, 0.717) is 23.6 Å². The van der Waals surface area contributed by atoms with Gasteiger partial charge in [-0.1, -0.05) is 25.0 Å². The van der Waals surface area contributed by atoms with Crippen molar-refractivity contribution >= 4 is 11.7 Å². The Balaban J connectivity index is 1.73. The summed E-state index contributed by atoms with van der Waals surface area (Å²) in [6.45, 7) is 1.12. The Morgan fingerprint density at radius 3 is 2.76 bits per heavy atom. The third-order valence-electron chi connectivity index (χ3n) is 4.93. The minimum Gasteiger partial charge on any atom is -0.478 e. The van der Waals surface area contributed by atoms with Crippen LogP contribution in [0.15, 0.2) is 24.3 Å². The van der Waals surface area contributed by atoms with Crippen LogP contribution in [0.25, 0.3) is 0 Å². The van der Waals surface area contributed by atoms with E-state index in [0.717, 1.165) is 18.7 Å². The van der Waals surface area contributed by atoms with Crippen LogP contribution in [-0.2, 0) is 0 Å². The van der Waals surface area contributed by atoms with Gasteiger partial charge in [0.15, 0.2) is 0 Å². The fourth-order valence-electron chi connectivity index (χ4n) is 3.89. The lowest BCUT2D eigenvalue weighted by Crippen LogP contribution is -2.44. The van der Waals surface area contributed by atoms with Crippen molar-refractivity contribution in [3.05, 3.63) is 29.8 Å². The minimum absolute atomic E-state index is 0.375. The van der Waals surface area contributed by atoms with Crippen molar-refractivity contribution in [2.45, 2.75) is 50.6 Å². The first-order valence-electron chi connectivity index (χ1n) is 8.08. The van der Waals surface area contributed by atoms with Gasteiger partial charge >= 0.3 is 5.97 Å². The van der Waals surface area contributed by atoms with Gasteiger partial charge in [0.25, 0.3) is 0 Å². The summed E-state index contributed by atoms with van der Waals surface area (Å²) >= 11 is 0. The second kappa shape index (κ2) is 6.48. The van der Waals surface area contributed by atoms with E-state index in [1.807, 2.05) is 12.1 Å². The summed E-state index contributed by atoms with van der Waals surface area (Å²) in [7, 11) is 0. The number of rotatable bonds is 4. The highest BCUT2D eigenvalue weighted by atomic mass is 16.4. The van der Waals surface area contributed by atoms with Crippen LogP contribution in [0.3, 0.4) is 0 Å². The number of benzene rings is 1. The quantitative estimate of drug-likeness (QED) is 0.796. The number of hydrogen-bond donors (Lipinski definition) is 3. The predicted octanol–water partition coefficient (Wildman–Crippen LogP) is 3.11. The molecule has 114 valence electrons. The van der Waals surface area contributed by atoms with Crippen LogP contribution in [0.1, 0.15) is 48.9 Å². The number of carboxylic acid groups (broad SMARTS) is 1. The van der Waals surface area contributed by atoms with Crippen molar-refractivity contribution < 1.29 is 9.90 Å². The molecule has 0 radical (unpaired) electrons. The molecule has 2 aliphatic rings. The zero-order chi connectivity index (χ0) is 14.7. The van der Waals surface area contributed by atoms with Crippen LogP contribution in [-0.4, -0.2) is 29.7 Å². The third-order valence-corrected chi connectivity index (χ3v) is 4.93. The average Bonchev–Trinajstić information content (AvgIpc) is 2.96. The topological polar surface area (TPSA) is 61.4 Å². The Labute approximate surface area is 125 Å². The summed E-state index contributed by atoms with van der Waals surface area (Å²) in [5, 5.41) is 16.5. The fourth-order valence-corrected chi connectivity index (χ4v) is 3.89. The fraction of sp³-hybridized carbons (Fsp3) is 0.588. The van der Waals surface area contributed by atoms with Crippen LogP contribution in [0.5, 0.6) is 0 Å². The highest BCUT2D eigenvalue weighted by Crippen LogP contribution is 2.34. The molecule has 4 heteroatoms. The standard InChI is InChI=1S/C17H24N2O2/c20-17(21)13-6-1-2-9-16(13)19-15-10-5-7-12(15)14-8-3-4-11-18-14/h1-2,6,9,12,14-15,18-19H,3-5,7-8,10-11H2,(H,20,21). The molecule has 3 N–H and O–H groups in total. The van der Waals surface area contributed by atoms with Crippen LogP contribution >= 0.6 is 0 Å². The first kappa shape index (κ1) is 14.4. The number of carbonyl (C=O) groups is 1. The van der Waals surface area contributed by atoms with Crippen LogP contribution in [0.4, 0.5) is 5.69 Å². The van der Waals surface area contributed by atoms with Crippen molar-refractivity contribution in [3.8, 4) is 0 Å². The average molecular weight is 288 g/mol. The molecule has 1 saturated heterocycles. The molecule has 3 atom stereocenters. The number of para-hydroxylation sites is 1. The lowest BCUT2D eigenvalue weighted by atomic mass is 9.88. The SMILES string of the molecule is O=C(O)c1ccccc1NC1CCCC1C1CCCCN1. The van der Waals surface area contributed by atoms with E-state index in [4.69, 9.17) is 0 Å². The molecule has 1 aliphatic heterocycles. The summed E-state index contributed by atoms with van der Waals surface area (Å²) in [6.07, 6.45) is 7.45. The zero-order valence-corrected chi connectivity index (χ0v) is 12.3. The van der Waals surface area contributed by atoms with E-state index in [9.17, 15) is 9.90 Å². The molecule has 1 aliphatic carbocycles. The summed E-state index contributed by atoms with van der Waals surface area (Å²) in [5.74, 6) is -0.240. The monoisotopic (exact) mass is 288 g/mol. The van der Waals surface area contributed by atoms with Gasteiger partial charge in [-0.15, -0.1) is 0 Å². The molecular weight excluding hydrogens is 264 g/mol. The number of nitrogens with one attached hydrogen (secondary N) is 2. The van der Waals surface area contributed by atoms with Gasteiger partial charge in [0.05, 0.1) is 5.56 Å². The molecule has 1 aromatic carbocycles. The lowest BCUT2D eigenvalue weighted by Gasteiger charge is -2.33. The van der Waals surface area contributed by atoms with Gasteiger partial charge in [-0.2, -0.15) is 0 Å². The maximum atomic E-state index is 11.3. The Morgan fingerprint density at radius 2 is 2.00 bits per heavy atom. The summed E-state index contributed by atoms with van der Waals surface area (Å²) in [4.78, 5) is 11.3. The second-order valence-electron chi connectivity index (χ2n) is 6.25. The van der Waals surface area contributed by atoms with E-state index in [1.165, 1.54) is 32.1 Å². The molecule has 0 spiro atoms. The van der Waals surface area contributed by atoms with Crippen molar-refractivity contribution in [2.24, 2.45) is 5.92 Å². The maximum Gasteiger partial charge on any atom is 0.337 e. The molecule has 1 saturated carbocycles. The van der Waals surface area contributed by atoms with Crippen molar-refractivity contribution in [1.82, 2.24) is 5.32 Å². The van der Waals surface area contributed by atoms with Crippen LogP contribution in [0.2, 0.25) is 0 Å². The van der Waals surface area contributed by atoms with E-state index in [2.05, 4.69) is 10.6 Å². The first-order valence-corrected chi connectivity index (χ1v) is 8.08. The van der Waals surface area contributed by atoms with Crippen molar-refractivity contribution in [1.29, 1.82) is 0 Å². The van der Waals surface area contributed by atoms with E-state index in [-0.39, 0.29) is 0 Å². The normalized spacial score (nSPS) is 29.2. The molecule has 3 unspecified atom stereocenters.